The number of nitrogens with zero attached hydrogens (tertiary/aromatic N) is 1. The molecule has 0 radical (unpaired) electrons. The van der Waals surface area contributed by atoms with Crippen LogP contribution in [0.4, 0.5) is 5.69 Å². The summed E-state index contributed by atoms with van der Waals surface area (Å²) < 4.78 is 0. The largest absolute Gasteiger partial charge is 0.356 e. The van der Waals surface area contributed by atoms with E-state index in [2.05, 4.69) is 144 Å². The minimum atomic E-state index is 0.0669. The van der Waals surface area contributed by atoms with E-state index in [4.69, 9.17) is 6.57 Å². The molecule has 5 aromatic carbocycles. The fourth-order valence-corrected chi connectivity index (χ4v) is 12.0. The third-order valence-corrected chi connectivity index (χ3v) is 13.1. The van der Waals surface area contributed by atoms with Gasteiger partial charge in [0, 0.05) is 33.6 Å². The summed E-state index contributed by atoms with van der Waals surface area (Å²) in [5, 5.41) is 2.57. The van der Waals surface area contributed by atoms with E-state index < -0.39 is 0 Å². The molecule has 0 saturated carbocycles. The molecule has 0 saturated heterocycles. The van der Waals surface area contributed by atoms with Crippen LogP contribution < -0.4 is 0 Å². The summed E-state index contributed by atoms with van der Waals surface area (Å²) >= 11 is 0. The Kier molecular flexibility index (Phi) is 5.35. The van der Waals surface area contributed by atoms with Gasteiger partial charge in [0.25, 0.3) is 0 Å². The molecule has 0 fully saturated rings. The third-order valence-electron chi connectivity index (χ3n) is 13.1. The van der Waals surface area contributed by atoms with Gasteiger partial charge in [0.2, 0.25) is 0 Å². The van der Waals surface area contributed by atoms with Gasteiger partial charge in [-0.05, 0) is 119 Å². The third kappa shape index (κ3) is 3.57. The first-order chi connectivity index (χ1) is 23.2. The van der Waals surface area contributed by atoms with Crippen LogP contribution in [0, 0.1) is 6.57 Å². The summed E-state index contributed by atoms with van der Waals surface area (Å²) in [5.74, 6) is 0.171. The van der Waals surface area contributed by atoms with Crippen LogP contribution in [0.15, 0.2) is 78.9 Å². The Labute approximate surface area is 290 Å². The molecule has 0 atom stereocenters. The molecule has 5 aliphatic rings. The standard InChI is InChI=1S/C47H44N2/c1-44(2)23-46(5,6)42-31(44)21-32-43(47(7,8)24-45(32,3)4)36(42)25-18-19-33-30(20-25)39-35(49-33)22-34(48-9)40-37-26-14-10-12-16-28(26)38(41(39)40)29-17-13-11-15-27(29)37/h10-22,37-38,49H,23-24H2,1-8H3. The predicted molar refractivity (Wildman–Crippen MR) is 204 cm³/mol. The zero-order valence-corrected chi connectivity index (χ0v) is 30.0. The smallest absolute Gasteiger partial charge is 0.193 e. The molecule has 242 valence electrons. The number of H-pyrrole nitrogens is 1. The zero-order chi connectivity index (χ0) is 34.0. The molecule has 1 N–H and O–H groups in total. The molecule has 0 amide bonds. The van der Waals surface area contributed by atoms with Gasteiger partial charge >= 0.3 is 0 Å². The van der Waals surface area contributed by atoms with Gasteiger partial charge in [-0.15, -0.1) is 0 Å². The van der Waals surface area contributed by atoms with Gasteiger partial charge < -0.3 is 4.98 Å². The summed E-state index contributed by atoms with van der Waals surface area (Å²) in [6, 6.07) is 29.9. The Balaban J connectivity index is 1.33. The van der Waals surface area contributed by atoms with Crippen molar-refractivity contribution in [3.8, 4) is 11.1 Å². The number of rotatable bonds is 1. The number of nitrogens with one attached hydrogen (secondary N) is 1. The van der Waals surface area contributed by atoms with Crippen molar-refractivity contribution in [2.75, 3.05) is 0 Å². The lowest BCUT2D eigenvalue weighted by molar-refractivity contribution is 0.396. The maximum atomic E-state index is 8.38. The van der Waals surface area contributed by atoms with Gasteiger partial charge in [-0.25, -0.2) is 4.85 Å². The summed E-state index contributed by atoms with van der Waals surface area (Å²) in [7, 11) is 0. The van der Waals surface area contributed by atoms with Crippen molar-refractivity contribution < 1.29 is 0 Å². The molecule has 11 rings (SSSR count). The lowest BCUT2D eigenvalue weighted by Crippen LogP contribution is -2.27. The highest BCUT2D eigenvalue weighted by molar-refractivity contribution is 6.13. The first-order valence-corrected chi connectivity index (χ1v) is 18.1. The van der Waals surface area contributed by atoms with Crippen LogP contribution in [-0.4, -0.2) is 4.98 Å². The van der Waals surface area contributed by atoms with Crippen LogP contribution >= 0.6 is 0 Å². The van der Waals surface area contributed by atoms with E-state index in [0.717, 1.165) is 29.6 Å². The van der Waals surface area contributed by atoms with Gasteiger partial charge in [-0.1, -0.05) is 116 Å². The second kappa shape index (κ2) is 8.94. The van der Waals surface area contributed by atoms with Crippen LogP contribution in [0.5, 0.6) is 0 Å². The van der Waals surface area contributed by atoms with Gasteiger partial charge in [0.05, 0.1) is 6.57 Å². The molecule has 1 aromatic heterocycles. The van der Waals surface area contributed by atoms with Crippen LogP contribution in [0.3, 0.4) is 0 Å². The Morgan fingerprint density at radius 1 is 0.592 bits per heavy atom. The van der Waals surface area contributed by atoms with E-state index in [9.17, 15) is 0 Å². The first-order valence-electron chi connectivity index (χ1n) is 18.1. The highest BCUT2D eigenvalue weighted by atomic mass is 14.7. The normalized spacial score (nSPS) is 22.3. The number of hydrogen-bond donors (Lipinski definition) is 1. The quantitative estimate of drug-likeness (QED) is 0.173. The maximum Gasteiger partial charge on any atom is 0.193 e. The average Bonchev–Trinajstić information content (AvgIpc) is 3.59. The Hall–Kier alpha value is -4.61. The molecule has 0 unspecified atom stereocenters. The number of aromatic nitrogens is 1. The molecule has 2 bridgehead atoms. The summed E-state index contributed by atoms with van der Waals surface area (Å²) in [4.78, 5) is 8.01. The number of benzene rings is 5. The van der Waals surface area contributed by atoms with E-state index in [1.165, 1.54) is 55.3 Å². The van der Waals surface area contributed by atoms with E-state index in [1.807, 2.05) is 0 Å². The minimum Gasteiger partial charge on any atom is -0.356 e. The van der Waals surface area contributed by atoms with Crippen LogP contribution in [0.1, 0.15) is 136 Å². The highest BCUT2D eigenvalue weighted by Gasteiger charge is 2.51. The number of hydrogen-bond acceptors (Lipinski definition) is 0. The first kappa shape index (κ1) is 29.3. The molecule has 1 heterocycles. The molecule has 0 aliphatic heterocycles. The average molecular weight is 637 g/mol. The van der Waals surface area contributed by atoms with Gasteiger partial charge in [-0.2, -0.15) is 0 Å². The van der Waals surface area contributed by atoms with E-state index >= 15 is 0 Å². The number of fused-ring (bicyclic) bond motifs is 5. The van der Waals surface area contributed by atoms with E-state index in [-0.39, 0.29) is 33.5 Å². The van der Waals surface area contributed by atoms with Crippen molar-refractivity contribution >= 4 is 27.5 Å². The Morgan fingerprint density at radius 2 is 1.10 bits per heavy atom. The highest BCUT2D eigenvalue weighted by Crippen LogP contribution is 2.62. The summed E-state index contributed by atoms with van der Waals surface area (Å²) in [6.07, 6.45) is 2.30. The van der Waals surface area contributed by atoms with E-state index in [0.29, 0.717) is 0 Å². The SMILES string of the molecule is [C-]#[N+]c1cc2[nH]c3ccc(-c4c5c(cc6c4C(C)(C)CC6(C)C)C(C)(C)CC5(C)C)cc3c2c2c1C1c3ccccc3C2c2ccccc21. The Morgan fingerprint density at radius 3 is 1.61 bits per heavy atom. The van der Waals surface area contributed by atoms with Crippen molar-refractivity contribution in [1.29, 1.82) is 0 Å². The molecule has 6 aromatic rings. The molecular formula is C47H44N2. The van der Waals surface area contributed by atoms with Crippen molar-refractivity contribution in [3.05, 3.63) is 146 Å². The maximum absolute atomic E-state index is 8.38. The van der Waals surface area contributed by atoms with Crippen LogP contribution in [0.25, 0.3) is 37.8 Å². The Bertz CT molecular complexity index is 2420. The summed E-state index contributed by atoms with van der Waals surface area (Å²) in [6.45, 7) is 28.1. The fraction of sp³-hybridized carbons (Fsp3) is 0.340. The van der Waals surface area contributed by atoms with Gasteiger partial charge in [-0.3, -0.25) is 0 Å². The van der Waals surface area contributed by atoms with Crippen molar-refractivity contribution in [2.24, 2.45) is 0 Å². The monoisotopic (exact) mass is 636 g/mol. The molecule has 2 nitrogen and oxygen atoms in total. The van der Waals surface area contributed by atoms with Gasteiger partial charge in [0.15, 0.2) is 5.69 Å². The molecular weight excluding hydrogens is 593 g/mol. The second-order valence-corrected chi connectivity index (χ2v) is 18.3. The predicted octanol–water partition coefficient (Wildman–Crippen LogP) is 12.4. The van der Waals surface area contributed by atoms with Crippen LogP contribution in [-0.2, 0) is 21.7 Å². The van der Waals surface area contributed by atoms with Crippen LogP contribution in [0.2, 0.25) is 0 Å². The second-order valence-electron chi connectivity index (χ2n) is 18.3. The zero-order valence-electron chi connectivity index (χ0n) is 30.0. The topological polar surface area (TPSA) is 20.1 Å². The molecule has 49 heavy (non-hydrogen) atoms. The minimum absolute atomic E-state index is 0.0669. The van der Waals surface area contributed by atoms with E-state index in [1.54, 1.807) is 22.3 Å². The lowest BCUT2D eigenvalue weighted by atomic mass is 9.60. The molecule has 0 spiro atoms. The number of aromatic amines is 1. The van der Waals surface area contributed by atoms with Crippen molar-refractivity contribution in [2.45, 2.75) is 102 Å². The summed E-state index contributed by atoms with van der Waals surface area (Å²) in [5.41, 5.74) is 20.4. The molecule has 5 aliphatic carbocycles. The van der Waals surface area contributed by atoms with Crippen molar-refractivity contribution in [3.63, 3.8) is 0 Å². The van der Waals surface area contributed by atoms with Crippen molar-refractivity contribution in [1.82, 2.24) is 4.98 Å². The lowest BCUT2D eigenvalue weighted by Gasteiger charge is -2.43. The fourth-order valence-electron chi connectivity index (χ4n) is 12.0. The molecule has 2 heteroatoms. The van der Waals surface area contributed by atoms with Gasteiger partial charge in [0.1, 0.15) is 0 Å².